The van der Waals surface area contributed by atoms with Gasteiger partial charge in [-0.25, -0.2) is 0 Å². The molecule has 0 N–H and O–H groups in total. The molecule has 2 heteroatoms. The van der Waals surface area contributed by atoms with Crippen LogP contribution < -0.4 is 0 Å². The van der Waals surface area contributed by atoms with Crippen LogP contribution in [0.3, 0.4) is 0 Å². The molecule has 0 bridgehead atoms. The molecule has 2 rings (SSSR count). The van der Waals surface area contributed by atoms with Crippen molar-refractivity contribution in [1.29, 1.82) is 0 Å². The first-order chi connectivity index (χ1) is 11.7. The van der Waals surface area contributed by atoms with E-state index in [1.165, 1.54) is 58.2 Å². The molecule has 0 aromatic heterocycles. The SMILES string of the molecule is C=CCCN(CC1(C)CC1)C(C)C.CCCN(C(C)C)C1(CC)CC1. The van der Waals surface area contributed by atoms with Crippen molar-refractivity contribution in [2.24, 2.45) is 5.41 Å². The molecule has 2 saturated carbocycles. The van der Waals surface area contributed by atoms with E-state index in [2.05, 4.69) is 64.8 Å². The van der Waals surface area contributed by atoms with Gasteiger partial charge in [0.2, 0.25) is 0 Å². The predicted octanol–water partition coefficient (Wildman–Crippen LogP) is 6.12. The fourth-order valence-electron chi connectivity index (χ4n) is 3.91. The van der Waals surface area contributed by atoms with Crippen LogP contribution in [-0.4, -0.2) is 47.1 Å². The standard InChI is InChI=1S/C12H23N.C11H23N/c1-5-6-9-13(11(2)3)10-12(4)7-8-12;1-5-9-12(10(3)4)11(6-2)7-8-11/h5,11H,1,6-10H2,2-4H3;10H,5-9H2,1-4H3. The molecule has 0 saturated heterocycles. The highest BCUT2D eigenvalue weighted by atomic mass is 15.2. The summed E-state index contributed by atoms with van der Waals surface area (Å²) in [6, 6.07) is 1.41. The smallest absolute Gasteiger partial charge is 0.0211 e. The lowest BCUT2D eigenvalue weighted by Gasteiger charge is -2.34. The zero-order valence-corrected chi connectivity index (χ0v) is 18.4. The van der Waals surface area contributed by atoms with Gasteiger partial charge in [-0.15, -0.1) is 6.58 Å². The van der Waals surface area contributed by atoms with Crippen LogP contribution >= 0.6 is 0 Å². The van der Waals surface area contributed by atoms with Gasteiger partial charge in [-0.1, -0.05) is 26.8 Å². The summed E-state index contributed by atoms with van der Waals surface area (Å²) < 4.78 is 0. The Hall–Kier alpha value is -0.340. The first kappa shape index (κ1) is 22.7. The Morgan fingerprint density at radius 2 is 1.56 bits per heavy atom. The van der Waals surface area contributed by atoms with Crippen molar-refractivity contribution in [3.05, 3.63) is 12.7 Å². The molecule has 0 spiro atoms. The molecule has 25 heavy (non-hydrogen) atoms. The van der Waals surface area contributed by atoms with Crippen LogP contribution in [0.4, 0.5) is 0 Å². The Morgan fingerprint density at radius 3 is 1.88 bits per heavy atom. The van der Waals surface area contributed by atoms with Crippen LogP contribution in [-0.2, 0) is 0 Å². The Balaban J connectivity index is 0.000000251. The summed E-state index contributed by atoms with van der Waals surface area (Å²) in [7, 11) is 0. The van der Waals surface area contributed by atoms with Crippen LogP contribution in [0, 0.1) is 5.41 Å². The first-order valence-corrected chi connectivity index (χ1v) is 10.9. The maximum atomic E-state index is 3.78. The topological polar surface area (TPSA) is 6.48 Å². The average molecular weight is 351 g/mol. The van der Waals surface area contributed by atoms with Crippen molar-refractivity contribution in [2.45, 2.75) is 111 Å². The van der Waals surface area contributed by atoms with E-state index in [0.717, 1.165) is 12.5 Å². The first-order valence-electron chi connectivity index (χ1n) is 10.9. The molecular weight excluding hydrogens is 304 g/mol. The van der Waals surface area contributed by atoms with Crippen LogP contribution in [0.1, 0.15) is 93.4 Å². The normalized spacial score (nSPS) is 20.0. The van der Waals surface area contributed by atoms with Crippen molar-refractivity contribution < 1.29 is 0 Å². The van der Waals surface area contributed by atoms with E-state index in [0.29, 0.717) is 17.0 Å². The second-order valence-electron chi connectivity index (χ2n) is 9.32. The quantitative estimate of drug-likeness (QED) is 0.414. The van der Waals surface area contributed by atoms with Crippen molar-refractivity contribution in [1.82, 2.24) is 9.80 Å². The number of rotatable bonds is 11. The van der Waals surface area contributed by atoms with Crippen molar-refractivity contribution >= 4 is 0 Å². The van der Waals surface area contributed by atoms with Gasteiger partial charge in [0, 0.05) is 30.7 Å². The van der Waals surface area contributed by atoms with E-state index in [9.17, 15) is 0 Å². The van der Waals surface area contributed by atoms with Crippen molar-refractivity contribution in [3.63, 3.8) is 0 Å². The minimum Gasteiger partial charge on any atom is -0.300 e. The summed E-state index contributed by atoms with van der Waals surface area (Å²) >= 11 is 0. The molecule has 2 aliphatic carbocycles. The fourth-order valence-corrected chi connectivity index (χ4v) is 3.91. The molecule has 0 unspecified atom stereocenters. The molecule has 2 aliphatic rings. The third-order valence-electron chi connectivity index (χ3n) is 6.22. The molecule has 0 aromatic rings. The third-order valence-corrected chi connectivity index (χ3v) is 6.22. The summed E-state index contributed by atoms with van der Waals surface area (Å²) in [4.78, 5) is 5.28. The molecule has 148 valence electrons. The minimum absolute atomic E-state index is 0.615. The maximum absolute atomic E-state index is 3.78. The second kappa shape index (κ2) is 10.1. The molecule has 2 fully saturated rings. The summed E-state index contributed by atoms with van der Waals surface area (Å²) in [5.74, 6) is 0. The Kier molecular flexibility index (Phi) is 9.18. The monoisotopic (exact) mass is 350 g/mol. The van der Waals surface area contributed by atoms with Gasteiger partial charge < -0.3 is 4.90 Å². The van der Waals surface area contributed by atoms with Crippen molar-refractivity contribution in [2.75, 3.05) is 19.6 Å². The van der Waals surface area contributed by atoms with Gasteiger partial charge in [0.05, 0.1) is 0 Å². The number of hydrogen-bond donors (Lipinski definition) is 0. The second-order valence-corrected chi connectivity index (χ2v) is 9.32. The van der Waals surface area contributed by atoms with Gasteiger partial charge in [0.15, 0.2) is 0 Å². The number of hydrogen-bond acceptors (Lipinski definition) is 2. The van der Waals surface area contributed by atoms with Gasteiger partial charge in [-0.3, -0.25) is 4.90 Å². The van der Waals surface area contributed by atoms with E-state index in [1.807, 2.05) is 6.08 Å². The molecule has 0 radical (unpaired) electrons. The molecule has 0 heterocycles. The van der Waals surface area contributed by atoms with E-state index in [1.54, 1.807) is 0 Å². The summed E-state index contributed by atoms with van der Waals surface area (Å²) in [5, 5.41) is 0. The lowest BCUT2D eigenvalue weighted by Crippen LogP contribution is -2.42. The van der Waals surface area contributed by atoms with E-state index >= 15 is 0 Å². The summed E-state index contributed by atoms with van der Waals surface area (Å²) in [6.07, 6.45) is 11.5. The Labute approximate surface area is 159 Å². The molecule has 2 nitrogen and oxygen atoms in total. The molecular formula is C23H46N2. The molecule has 0 aliphatic heterocycles. The van der Waals surface area contributed by atoms with Gasteiger partial charge in [0.25, 0.3) is 0 Å². The minimum atomic E-state index is 0.615. The van der Waals surface area contributed by atoms with Gasteiger partial charge in [0.1, 0.15) is 0 Å². The van der Waals surface area contributed by atoms with Gasteiger partial charge in [-0.05, 0) is 84.6 Å². The highest BCUT2D eigenvalue weighted by Crippen LogP contribution is 2.46. The molecule has 0 aromatic carbocycles. The number of nitrogens with zero attached hydrogens (tertiary/aromatic N) is 2. The zero-order valence-electron chi connectivity index (χ0n) is 18.4. The lowest BCUT2D eigenvalue weighted by atomic mass is 10.1. The van der Waals surface area contributed by atoms with Crippen molar-refractivity contribution in [3.8, 4) is 0 Å². The highest BCUT2D eigenvalue weighted by Gasteiger charge is 2.46. The third kappa shape index (κ3) is 7.43. The molecule has 0 atom stereocenters. The predicted molar refractivity (Wildman–Crippen MR) is 113 cm³/mol. The van der Waals surface area contributed by atoms with E-state index < -0.39 is 0 Å². The maximum Gasteiger partial charge on any atom is 0.0211 e. The Morgan fingerprint density at radius 1 is 0.960 bits per heavy atom. The Bertz CT molecular complexity index is 378. The van der Waals surface area contributed by atoms with Crippen LogP contribution in [0.15, 0.2) is 12.7 Å². The van der Waals surface area contributed by atoms with Crippen LogP contribution in [0.2, 0.25) is 0 Å². The van der Waals surface area contributed by atoms with E-state index in [-0.39, 0.29) is 0 Å². The van der Waals surface area contributed by atoms with Gasteiger partial charge in [-0.2, -0.15) is 0 Å². The summed E-state index contributed by atoms with van der Waals surface area (Å²) in [6.45, 7) is 23.7. The van der Waals surface area contributed by atoms with Crippen LogP contribution in [0.5, 0.6) is 0 Å². The largest absolute Gasteiger partial charge is 0.300 e. The zero-order chi connectivity index (χ0) is 19.1. The fraction of sp³-hybridized carbons (Fsp3) is 0.913. The van der Waals surface area contributed by atoms with E-state index in [4.69, 9.17) is 0 Å². The van der Waals surface area contributed by atoms with Gasteiger partial charge >= 0.3 is 0 Å². The lowest BCUT2D eigenvalue weighted by molar-refractivity contribution is 0.130. The molecule has 0 amide bonds. The average Bonchev–Trinajstić information content (AvgIpc) is 3.47. The highest BCUT2D eigenvalue weighted by molar-refractivity contribution is 5.03. The van der Waals surface area contributed by atoms with Crippen LogP contribution in [0.25, 0.3) is 0 Å². The summed E-state index contributed by atoms with van der Waals surface area (Å²) in [5.41, 5.74) is 1.26.